The lowest BCUT2D eigenvalue weighted by Gasteiger charge is -2.24. The van der Waals surface area contributed by atoms with Crippen molar-refractivity contribution in [2.45, 2.75) is 44.9 Å². The van der Waals surface area contributed by atoms with Crippen LogP contribution in [-0.4, -0.2) is 65.4 Å². The van der Waals surface area contributed by atoms with Crippen molar-refractivity contribution in [3.8, 4) is 23.1 Å². The van der Waals surface area contributed by atoms with E-state index in [1.807, 2.05) is 23.0 Å². The third-order valence-electron chi connectivity index (χ3n) is 5.85. The molecule has 1 saturated heterocycles. The number of aromatic nitrogens is 3. The van der Waals surface area contributed by atoms with Gasteiger partial charge >= 0.3 is 0 Å². The van der Waals surface area contributed by atoms with Gasteiger partial charge in [-0.15, -0.1) is 0 Å². The molecular formula is C25H32N6O3. The minimum Gasteiger partial charge on any atom is -0.491 e. The number of nitrogens with zero attached hydrogens (tertiary/aromatic N) is 4. The van der Waals surface area contributed by atoms with Crippen molar-refractivity contribution < 1.29 is 14.6 Å². The molecule has 3 aromatic rings. The molecule has 1 aromatic carbocycles. The number of nitriles is 1. The van der Waals surface area contributed by atoms with Gasteiger partial charge in [0.2, 0.25) is 0 Å². The SMILES string of the molecule is CNCC(O)COc1cc(C#N)cc(-c2cc(NC3CCOCC3)c3cnn(C(C)C)c3n2)c1. The Morgan fingerprint density at radius 2 is 2.06 bits per heavy atom. The van der Waals surface area contributed by atoms with E-state index >= 15 is 0 Å². The summed E-state index contributed by atoms with van der Waals surface area (Å²) in [6.07, 6.45) is 3.09. The normalized spacial score (nSPS) is 15.4. The zero-order chi connectivity index (χ0) is 24.1. The quantitative estimate of drug-likeness (QED) is 0.442. The third kappa shape index (κ3) is 5.47. The van der Waals surface area contributed by atoms with Crippen LogP contribution in [0.15, 0.2) is 30.5 Å². The van der Waals surface area contributed by atoms with Crippen LogP contribution in [0.5, 0.6) is 5.75 Å². The van der Waals surface area contributed by atoms with Gasteiger partial charge in [0.25, 0.3) is 0 Å². The summed E-state index contributed by atoms with van der Waals surface area (Å²) in [6.45, 7) is 6.18. The summed E-state index contributed by atoms with van der Waals surface area (Å²) in [5, 5.41) is 31.7. The average molecular weight is 465 g/mol. The summed E-state index contributed by atoms with van der Waals surface area (Å²) in [4.78, 5) is 4.93. The summed E-state index contributed by atoms with van der Waals surface area (Å²) in [5.74, 6) is 0.516. The van der Waals surface area contributed by atoms with Crippen LogP contribution < -0.4 is 15.4 Å². The predicted octanol–water partition coefficient (Wildman–Crippen LogP) is 3.10. The number of likely N-dealkylation sites (N-methyl/N-ethyl adjacent to an activating group) is 1. The molecule has 1 unspecified atom stereocenters. The fourth-order valence-electron chi connectivity index (χ4n) is 4.11. The Hall–Kier alpha value is -3.19. The van der Waals surface area contributed by atoms with E-state index in [1.165, 1.54) is 0 Å². The molecule has 0 spiro atoms. The zero-order valence-electron chi connectivity index (χ0n) is 19.9. The molecule has 0 aliphatic carbocycles. The number of aliphatic hydroxyl groups excluding tert-OH is 1. The van der Waals surface area contributed by atoms with Crippen LogP contribution in [0.1, 0.15) is 38.3 Å². The minimum atomic E-state index is -0.649. The fraction of sp³-hybridized carbons (Fsp3) is 0.480. The molecule has 3 heterocycles. The summed E-state index contributed by atoms with van der Waals surface area (Å²) < 4.78 is 13.2. The molecule has 0 bridgehead atoms. The van der Waals surface area contributed by atoms with E-state index in [0.29, 0.717) is 23.9 Å². The molecule has 3 N–H and O–H groups in total. The zero-order valence-corrected chi connectivity index (χ0v) is 19.9. The van der Waals surface area contributed by atoms with Crippen molar-refractivity contribution in [3.63, 3.8) is 0 Å². The van der Waals surface area contributed by atoms with Gasteiger partial charge < -0.3 is 25.2 Å². The Kier molecular flexibility index (Phi) is 7.63. The van der Waals surface area contributed by atoms with Crippen molar-refractivity contribution in [2.75, 3.05) is 38.7 Å². The topological polar surface area (TPSA) is 117 Å². The molecule has 2 aromatic heterocycles. The highest BCUT2D eigenvalue weighted by Crippen LogP contribution is 2.33. The van der Waals surface area contributed by atoms with Gasteiger partial charge in [0.1, 0.15) is 18.5 Å². The molecule has 9 nitrogen and oxygen atoms in total. The molecule has 0 saturated carbocycles. The first kappa shape index (κ1) is 24.0. The molecule has 1 atom stereocenters. The van der Waals surface area contributed by atoms with Crippen molar-refractivity contribution in [1.29, 1.82) is 5.26 Å². The maximum absolute atomic E-state index is 10.0. The van der Waals surface area contributed by atoms with Crippen LogP contribution >= 0.6 is 0 Å². The van der Waals surface area contributed by atoms with Crippen LogP contribution in [0.3, 0.4) is 0 Å². The van der Waals surface area contributed by atoms with Gasteiger partial charge in [0, 0.05) is 43.1 Å². The summed E-state index contributed by atoms with van der Waals surface area (Å²) in [6, 6.07) is 10.0. The van der Waals surface area contributed by atoms with Crippen molar-refractivity contribution in [3.05, 3.63) is 36.0 Å². The van der Waals surface area contributed by atoms with Crippen LogP contribution in [0, 0.1) is 11.3 Å². The van der Waals surface area contributed by atoms with E-state index in [1.54, 1.807) is 19.2 Å². The van der Waals surface area contributed by atoms with Crippen molar-refractivity contribution >= 4 is 16.7 Å². The average Bonchev–Trinajstić information content (AvgIpc) is 3.28. The maximum atomic E-state index is 10.0. The highest BCUT2D eigenvalue weighted by atomic mass is 16.5. The van der Waals surface area contributed by atoms with Crippen molar-refractivity contribution in [1.82, 2.24) is 20.1 Å². The summed E-state index contributed by atoms with van der Waals surface area (Å²) in [7, 11) is 1.77. The molecular weight excluding hydrogens is 432 g/mol. The van der Waals surface area contributed by atoms with Crippen LogP contribution in [-0.2, 0) is 4.74 Å². The van der Waals surface area contributed by atoms with Crippen LogP contribution in [0.25, 0.3) is 22.3 Å². The van der Waals surface area contributed by atoms with Gasteiger partial charge in [-0.05, 0) is 58.0 Å². The van der Waals surface area contributed by atoms with Crippen molar-refractivity contribution in [2.24, 2.45) is 0 Å². The molecule has 34 heavy (non-hydrogen) atoms. The second-order valence-corrected chi connectivity index (χ2v) is 8.89. The molecule has 4 rings (SSSR count). The highest BCUT2D eigenvalue weighted by Gasteiger charge is 2.19. The number of ether oxygens (including phenoxy) is 2. The minimum absolute atomic E-state index is 0.123. The lowest BCUT2D eigenvalue weighted by atomic mass is 10.0. The number of pyridine rings is 1. The first-order valence-electron chi connectivity index (χ1n) is 11.7. The smallest absolute Gasteiger partial charge is 0.160 e. The van der Waals surface area contributed by atoms with E-state index in [0.717, 1.165) is 54.0 Å². The molecule has 0 amide bonds. The van der Waals surface area contributed by atoms with E-state index in [2.05, 4.69) is 35.6 Å². The second-order valence-electron chi connectivity index (χ2n) is 8.89. The molecule has 1 fully saturated rings. The Bertz CT molecular complexity index is 1160. The number of hydrogen-bond acceptors (Lipinski definition) is 8. The first-order valence-corrected chi connectivity index (χ1v) is 11.7. The number of benzene rings is 1. The van der Waals surface area contributed by atoms with E-state index in [9.17, 15) is 10.4 Å². The third-order valence-corrected chi connectivity index (χ3v) is 5.85. The molecule has 9 heteroatoms. The lowest BCUT2D eigenvalue weighted by Crippen LogP contribution is -2.29. The lowest BCUT2D eigenvalue weighted by molar-refractivity contribution is 0.0905. The van der Waals surface area contributed by atoms with Gasteiger partial charge in [-0.1, -0.05) is 0 Å². The molecule has 1 aliphatic heterocycles. The predicted molar refractivity (Wildman–Crippen MR) is 131 cm³/mol. The Labute approximate surface area is 199 Å². The number of rotatable bonds is 9. The van der Waals surface area contributed by atoms with Gasteiger partial charge in [-0.2, -0.15) is 10.4 Å². The second kappa shape index (κ2) is 10.8. The fourth-order valence-corrected chi connectivity index (χ4v) is 4.11. The summed E-state index contributed by atoms with van der Waals surface area (Å²) in [5.41, 5.74) is 3.71. The summed E-state index contributed by atoms with van der Waals surface area (Å²) >= 11 is 0. The Morgan fingerprint density at radius 1 is 1.26 bits per heavy atom. The van der Waals surface area contributed by atoms with Gasteiger partial charge in [-0.25, -0.2) is 9.67 Å². The Morgan fingerprint density at radius 3 is 2.76 bits per heavy atom. The van der Waals surface area contributed by atoms with E-state index in [-0.39, 0.29) is 12.6 Å². The van der Waals surface area contributed by atoms with E-state index < -0.39 is 6.10 Å². The number of hydrogen-bond donors (Lipinski definition) is 3. The largest absolute Gasteiger partial charge is 0.491 e. The number of anilines is 1. The first-order chi connectivity index (χ1) is 16.5. The maximum Gasteiger partial charge on any atom is 0.160 e. The molecule has 0 radical (unpaired) electrons. The van der Waals surface area contributed by atoms with Gasteiger partial charge in [0.05, 0.1) is 28.9 Å². The molecule has 1 aliphatic rings. The monoisotopic (exact) mass is 464 g/mol. The van der Waals surface area contributed by atoms with Gasteiger partial charge in [0.15, 0.2) is 5.65 Å². The van der Waals surface area contributed by atoms with Gasteiger partial charge in [-0.3, -0.25) is 0 Å². The number of nitrogens with one attached hydrogen (secondary N) is 2. The standard InChI is InChI=1S/C25H32N6O3/c1-16(2)31-25-22(14-28-31)24(29-19-4-6-33-7-5-19)11-23(30-25)18-8-17(12-26)9-21(10-18)34-15-20(32)13-27-3/h8-11,14,16,19-20,27,32H,4-7,13,15H2,1-3H3,(H,29,30). The molecule has 180 valence electrons. The Balaban J connectivity index is 1.74. The van der Waals surface area contributed by atoms with Crippen LogP contribution in [0.4, 0.5) is 5.69 Å². The number of fused-ring (bicyclic) bond motifs is 1. The number of aliphatic hydroxyl groups is 1. The van der Waals surface area contributed by atoms with Crippen LogP contribution in [0.2, 0.25) is 0 Å². The van der Waals surface area contributed by atoms with E-state index in [4.69, 9.17) is 14.5 Å². The highest BCUT2D eigenvalue weighted by molar-refractivity contribution is 5.92.